The van der Waals surface area contributed by atoms with Crippen molar-refractivity contribution in [2.45, 2.75) is 31.5 Å². The Balaban J connectivity index is 1.57. The van der Waals surface area contributed by atoms with Gasteiger partial charge in [0.25, 0.3) is 11.5 Å². The predicted octanol–water partition coefficient (Wildman–Crippen LogP) is 4.06. The van der Waals surface area contributed by atoms with Crippen molar-refractivity contribution in [1.29, 1.82) is 0 Å². The lowest BCUT2D eigenvalue weighted by atomic mass is 10.0. The van der Waals surface area contributed by atoms with Gasteiger partial charge < -0.3 is 4.98 Å². The molecule has 0 unspecified atom stereocenters. The number of aromatic amines is 1. The van der Waals surface area contributed by atoms with Crippen LogP contribution in [-0.2, 0) is 4.79 Å². The molecule has 4 rings (SSSR count). The summed E-state index contributed by atoms with van der Waals surface area (Å²) in [4.78, 5) is 33.0. The van der Waals surface area contributed by atoms with Crippen LogP contribution in [0.1, 0.15) is 34.2 Å². The number of carbonyl (C=O) groups excluding carboxylic acids is 1. The molecule has 9 heteroatoms. The van der Waals surface area contributed by atoms with Crippen molar-refractivity contribution in [2.24, 2.45) is 5.10 Å². The molecule has 0 saturated heterocycles. The average molecular weight is 443 g/mol. The SMILES string of the molecule is Cc1nc(SCC(=O)N2N=C(c3cccs3)C[C@H]2c2ccc(F)cc2)[nH]c(=O)c1C. The normalized spacial score (nSPS) is 16.0. The highest BCUT2D eigenvalue weighted by Crippen LogP contribution is 2.34. The van der Waals surface area contributed by atoms with Gasteiger partial charge in [-0.05, 0) is 43.0 Å². The predicted molar refractivity (Wildman–Crippen MR) is 117 cm³/mol. The van der Waals surface area contributed by atoms with Gasteiger partial charge in [-0.25, -0.2) is 14.4 Å². The van der Waals surface area contributed by atoms with E-state index in [1.165, 1.54) is 28.9 Å². The van der Waals surface area contributed by atoms with Gasteiger partial charge in [-0.15, -0.1) is 11.3 Å². The number of hydrogen-bond donors (Lipinski definition) is 1. The number of hydrazone groups is 1. The molecule has 0 bridgehead atoms. The number of nitrogens with zero attached hydrogens (tertiary/aromatic N) is 3. The number of thioether (sulfide) groups is 1. The molecule has 30 heavy (non-hydrogen) atoms. The summed E-state index contributed by atoms with van der Waals surface area (Å²) in [6.07, 6.45) is 0.557. The Morgan fingerprint density at radius 1 is 1.30 bits per heavy atom. The zero-order chi connectivity index (χ0) is 21.3. The maximum absolute atomic E-state index is 13.4. The van der Waals surface area contributed by atoms with Crippen molar-refractivity contribution in [1.82, 2.24) is 15.0 Å². The first-order valence-electron chi connectivity index (χ1n) is 9.31. The largest absolute Gasteiger partial charge is 0.301 e. The lowest BCUT2D eigenvalue weighted by Crippen LogP contribution is -2.28. The van der Waals surface area contributed by atoms with Gasteiger partial charge in [-0.2, -0.15) is 5.10 Å². The number of halogens is 1. The third-order valence-electron chi connectivity index (χ3n) is 4.93. The van der Waals surface area contributed by atoms with E-state index >= 15 is 0 Å². The van der Waals surface area contributed by atoms with Gasteiger partial charge in [-0.1, -0.05) is 30.0 Å². The minimum Gasteiger partial charge on any atom is -0.301 e. The number of aromatic nitrogens is 2. The van der Waals surface area contributed by atoms with Crippen LogP contribution in [0.5, 0.6) is 0 Å². The molecular weight excluding hydrogens is 423 g/mol. The van der Waals surface area contributed by atoms with Crippen LogP contribution in [-0.4, -0.2) is 32.3 Å². The minimum absolute atomic E-state index is 0.0738. The lowest BCUT2D eigenvalue weighted by Gasteiger charge is -2.22. The maximum atomic E-state index is 13.4. The van der Waals surface area contributed by atoms with Gasteiger partial charge in [0.05, 0.1) is 22.4 Å². The number of aryl methyl sites for hydroxylation is 1. The summed E-state index contributed by atoms with van der Waals surface area (Å²) in [7, 11) is 0. The highest BCUT2D eigenvalue weighted by Gasteiger charge is 2.33. The molecule has 0 aliphatic carbocycles. The molecule has 1 aliphatic heterocycles. The van der Waals surface area contributed by atoms with E-state index in [0.29, 0.717) is 22.8 Å². The van der Waals surface area contributed by atoms with Crippen molar-refractivity contribution in [3.63, 3.8) is 0 Å². The van der Waals surface area contributed by atoms with Crippen LogP contribution in [0.3, 0.4) is 0 Å². The van der Waals surface area contributed by atoms with Crippen LogP contribution in [0.15, 0.2) is 56.8 Å². The Morgan fingerprint density at radius 3 is 2.73 bits per heavy atom. The number of rotatable bonds is 5. The number of hydrogen-bond acceptors (Lipinski definition) is 6. The minimum atomic E-state index is -0.325. The quantitative estimate of drug-likeness (QED) is 0.478. The van der Waals surface area contributed by atoms with E-state index in [1.807, 2.05) is 17.5 Å². The van der Waals surface area contributed by atoms with Crippen LogP contribution in [0.4, 0.5) is 4.39 Å². The van der Waals surface area contributed by atoms with Crippen LogP contribution in [0.2, 0.25) is 0 Å². The Hall–Kier alpha value is -2.78. The van der Waals surface area contributed by atoms with Crippen LogP contribution in [0, 0.1) is 19.7 Å². The zero-order valence-corrected chi connectivity index (χ0v) is 18.0. The summed E-state index contributed by atoms with van der Waals surface area (Å²) >= 11 is 2.73. The topological polar surface area (TPSA) is 78.4 Å². The molecule has 0 spiro atoms. The summed E-state index contributed by atoms with van der Waals surface area (Å²) < 4.78 is 13.4. The van der Waals surface area contributed by atoms with Crippen molar-refractivity contribution in [2.75, 3.05) is 5.75 Å². The van der Waals surface area contributed by atoms with Gasteiger partial charge in [0.1, 0.15) is 5.82 Å². The summed E-state index contributed by atoms with van der Waals surface area (Å²) in [6.45, 7) is 3.47. The fraction of sp³-hybridized carbons (Fsp3) is 0.238. The van der Waals surface area contributed by atoms with Crippen LogP contribution < -0.4 is 5.56 Å². The first kappa shape index (κ1) is 20.5. The average Bonchev–Trinajstić information content (AvgIpc) is 3.40. The molecular formula is C21H19FN4O2S2. The second-order valence-electron chi connectivity index (χ2n) is 6.90. The van der Waals surface area contributed by atoms with E-state index in [-0.39, 0.29) is 29.1 Å². The Kier molecular flexibility index (Phi) is 5.83. The molecule has 2 aromatic heterocycles. The van der Waals surface area contributed by atoms with E-state index in [0.717, 1.165) is 16.2 Å². The van der Waals surface area contributed by atoms with Crippen molar-refractivity contribution >= 4 is 34.7 Å². The van der Waals surface area contributed by atoms with E-state index in [1.54, 1.807) is 37.3 Å². The molecule has 3 heterocycles. The second kappa shape index (κ2) is 8.53. The van der Waals surface area contributed by atoms with Crippen LogP contribution >= 0.6 is 23.1 Å². The molecule has 1 aromatic carbocycles. The third-order valence-corrected chi connectivity index (χ3v) is 6.71. The summed E-state index contributed by atoms with van der Waals surface area (Å²) in [5.41, 5.74) is 2.64. The number of carbonyl (C=O) groups is 1. The molecule has 6 nitrogen and oxygen atoms in total. The number of amides is 1. The Morgan fingerprint density at radius 2 is 2.07 bits per heavy atom. The van der Waals surface area contributed by atoms with Crippen LogP contribution in [0.25, 0.3) is 0 Å². The lowest BCUT2D eigenvalue weighted by molar-refractivity contribution is -0.130. The standard InChI is InChI=1S/C21H19FN4O2S2/c1-12-13(2)23-21(24-20(12)28)30-11-19(27)26-17(14-5-7-15(22)8-6-14)10-16(25-26)18-4-3-9-29-18/h3-9,17H,10-11H2,1-2H3,(H,23,24,28)/t17-/m0/s1. The van der Waals surface area contributed by atoms with E-state index in [9.17, 15) is 14.0 Å². The smallest absolute Gasteiger partial charge is 0.254 e. The Bertz CT molecular complexity index is 1160. The second-order valence-corrected chi connectivity index (χ2v) is 8.82. The van der Waals surface area contributed by atoms with Gasteiger partial charge in [0, 0.05) is 17.7 Å². The number of thiophene rings is 1. The molecule has 1 atom stereocenters. The van der Waals surface area contributed by atoms with E-state index in [4.69, 9.17) is 0 Å². The molecule has 1 amide bonds. The third kappa shape index (κ3) is 4.22. The van der Waals surface area contributed by atoms with E-state index < -0.39 is 0 Å². The highest BCUT2D eigenvalue weighted by atomic mass is 32.2. The molecule has 0 saturated carbocycles. The first-order chi connectivity index (χ1) is 14.4. The molecule has 3 aromatic rings. The fourth-order valence-electron chi connectivity index (χ4n) is 3.16. The summed E-state index contributed by atoms with van der Waals surface area (Å²) in [5, 5.41) is 8.41. The number of H-pyrrole nitrogens is 1. The van der Waals surface area contributed by atoms with Gasteiger partial charge >= 0.3 is 0 Å². The maximum Gasteiger partial charge on any atom is 0.254 e. The molecule has 0 fully saturated rings. The van der Waals surface area contributed by atoms with Crippen molar-refractivity contribution in [3.05, 3.63) is 79.6 Å². The van der Waals surface area contributed by atoms with Gasteiger partial charge in [0.2, 0.25) is 0 Å². The van der Waals surface area contributed by atoms with Crippen molar-refractivity contribution in [3.8, 4) is 0 Å². The monoisotopic (exact) mass is 442 g/mol. The molecule has 1 N–H and O–H groups in total. The Labute approximate surface area is 180 Å². The molecule has 154 valence electrons. The zero-order valence-electron chi connectivity index (χ0n) is 16.4. The molecule has 0 radical (unpaired) electrons. The molecule has 1 aliphatic rings. The highest BCUT2D eigenvalue weighted by molar-refractivity contribution is 7.99. The number of benzene rings is 1. The van der Waals surface area contributed by atoms with Gasteiger partial charge in [-0.3, -0.25) is 9.59 Å². The number of nitrogens with one attached hydrogen (secondary N) is 1. The van der Waals surface area contributed by atoms with Crippen molar-refractivity contribution < 1.29 is 9.18 Å². The summed E-state index contributed by atoms with van der Waals surface area (Å²) in [6, 6.07) is 9.75. The van der Waals surface area contributed by atoms with Gasteiger partial charge in [0.15, 0.2) is 5.16 Å². The fourth-order valence-corrected chi connectivity index (χ4v) is 4.64. The first-order valence-corrected chi connectivity index (χ1v) is 11.2. The van der Waals surface area contributed by atoms with E-state index in [2.05, 4.69) is 15.1 Å². The summed E-state index contributed by atoms with van der Waals surface area (Å²) in [5.74, 6) is -0.458.